The smallest absolute Gasteiger partial charge is 0.131 e. The number of rotatable bonds is 0. The Kier molecular flexibility index (Phi) is 1.97. The van der Waals surface area contributed by atoms with Crippen molar-refractivity contribution in [3.63, 3.8) is 0 Å². The molecule has 0 aliphatic carbocycles. The topological polar surface area (TPSA) is 68.4 Å². The quantitative estimate of drug-likeness (QED) is 0.635. The summed E-state index contributed by atoms with van der Waals surface area (Å²) in [5, 5.41) is 9.87. The first-order valence-corrected chi connectivity index (χ1v) is 4.59. The number of aromatic nitrogens is 1. The Morgan fingerprint density at radius 2 is 2.29 bits per heavy atom. The molecule has 0 saturated heterocycles. The highest BCUT2D eigenvalue weighted by molar-refractivity contribution is 5.37. The van der Waals surface area contributed by atoms with E-state index in [1.165, 1.54) is 0 Å². The largest absolute Gasteiger partial charge is 0.485 e. The number of hydrogen-bond donors (Lipinski definition) is 2. The molecule has 0 fully saturated rings. The average molecular weight is 194 g/mol. The standard InChI is InChI=1S/C10H14N2O2/c1-10(2)9(13)8(11)6-5-12-4-3-7(6)14-10/h3-5,8-9,13H,11H2,1-2H3/t8-,9+/m0/s1. The molecule has 1 aliphatic heterocycles. The van der Waals surface area contributed by atoms with Gasteiger partial charge in [-0.2, -0.15) is 0 Å². The molecule has 0 saturated carbocycles. The summed E-state index contributed by atoms with van der Waals surface area (Å²) in [5.41, 5.74) is 6.01. The number of hydrogen-bond acceptors (Lipinski definition) is 4. The molecule has 4 heteroatoms. The second kappa shape index (κ2) is 2.93. The molecule has 2 rings (SSSR count). The van der Waals surface area contributed by atoms with Crippen LogP contribution in [0.25, 0.3) is 0 Å². The van der Waals surface area contributed by atoms with Crippen LogP contribution in [0, 0.1) is 0 Å². The summed E-state index contributed by atoms with van der Waals surface area (Å²) in [7, 11) is 0. The molecule has 4 nitrogen and oxygen atoms in total. The Labute approximate surface area is 82.7 Å². The fourth-order valence-electron chi connectivity index (χ4n) is 1.68. The van der Waals surface area contributed by atoms with Crippen LogP contribution in [-0.2, 0) is 0 Å². The first kappa shape index (κ1) is 9.43. The van der Waals surface area contributed by atoms with Crippen LogP contribution in [-0.4, -0.2) is 21.8 Å². The lowest BCUT2D eigenvalue weighted by molar-refractivity contribution is -0.0573. The van der Waals surface area contributed by atoms with Gasteiger partial charge >= 0.3 is 0 Å². The molecule has 0 amide bonds. The molecule has 3 N–H and O–H groups in total. The van der Waals surface area contributed by atoms with Gasteiger partial charge in [0.2, 0.25) is 0 Å². The van der Waals surface area contributed by atoms with Gasteiger partial charge in [-0.05, 0) is 19.9 Å². The van der Waals surface area contributed by atoms with Gasteiger partial charge in [-0.25, -0.2) is 0 Å². The molecular weight excluding hydrogens is 180 g/mol. The molecule has 0 radical (unpaired) electrons. The van der Waals surface area contributed by atoms with Crippen LogP contribution in [0.2, 0.25) is 0 Å². The summed E-state index contributed by atoms with van der Waals surface area (Å²) in [4.78, 5) is 3.96. The number of nitrogens with zero attached hydrogens (tertiary/aromatic N) is 1. The normalized spacial score (nSPS) is 29.1. The maximum Gasteiger partial charge on any atom is 0.131 e. The van der Waals surface area contributed by atoms with E-state index in [4.69, 9.17) is 10.5 Å². The molecule has 0 unspecified atom stereocenters. The first-order chi connectivity index (χ1) is 6.52. The van der Waals surface area contributed by atoms with Crippen molar-refractivity contribution in [2.75, 3.05) is 0 Å². The average Bonchev–Trinajstić information content (AvgIpc) is 2.14. The monoisotopic (exact) mass is 194 g/mol. The zero-order chi connectivity index (χ0) is 10.3. The summed E-state index contributed by atoms with van der Waals surface area (Å²) in [6.45, 7) is 3.64. The van der Waals surface area contributed by atoms with Gasteiger partial charge in [0.1, 0.15) is 17.5 Å². The molecule has 2 heterocycles. The number of ether oxygens (including phenoxy) is 1. The highest BCUT2D eigenvalue weighted by Crippen LogP contribution is 2.37. The van der Waals surface area contributed by atoms with Crippen molar-refractivity contribution in [2.45, 2.75) is 31.6 Å². The van der Waals surface area contributed by atoms with Gasteiger partial charge in [0, 0.05) is 18.0 Å². The fraction of sp³-hybridized carbons (Fsp3) is 0.500. The Morgan fingerprint density at radius 3 is 3.00 bits per heavy atom. The van der Waals surface area contributed by atoms with E-state index < -0.39 is 17.7 Å². The second-order valence-corrected chi connectivity index (χ2v) is 4.09. The van der Waals surface area contributed by atoms with Crippen molar-refractivity contribution in [1.29, 1.82) is 0 Å². The van der Waals surface area contributed by atoms with E-state index in [1.807, 2.05) is 13.8 Å². The predicted octanol–water partition coefficient (Wildman–Crippen LogP) is 0.613. The van der Waals surface area contributed by atoms with Gasteiger partial charge in [-0.15, -0.1) is 0 Å². The van der Waals surface area contributed by atoms with E-state index in [0.717, 1.165) is 5.56 Å². The maximum absolute atomic E-state index is 9.87. The van der Waals surface area contributed by atoms with Crippen molar-refractivity contribution in [3.05, 3.63) is 24.0 Å². The maximum atomic E-state index is 9.87. The number of aliphatic hydroxyl groups is 1. The van der Waals surface area contributed by atoms with Crippen molar-refractivity contribution >= 4 is 0 Å². The fourth-order valence-corrected chi connectivity index (χ4v) is 1.68. The molecule has 14 heavy (non-hydrogen) atoms. The molecular formula is C10H14N2O2. The van der Waals surface area contributed by atoms with E-state index in [1.54, 1.807) is 18.5 Å². The minimum atomic E-state index is -0.709. The van der Waals surface area contributed by atoms with Crippen molar-refractivity contribution in [2.24, 2.45) is 5.73 Å². The van der Waals surface area contributed by atoms with Crippen LogP contribution in [0.15, 0.2) is 18.5 Å². The van der Waals surface area contributed by atoms with Gasteiger partial charge in [0.25, 0.3) is 0 Å². The second-order valence-electron chi connectivity index (χ2n) is 4.09. The van der Waals surface area contributed by atoms with Crippen LogP contribution in [0.5, 0.6) is 5.75 Å². The predicted molar refractivity (Wildman–Crippen MR) is 51.9 cm³/mol. The number of fused-ring (bicyclic) bond motifs is 1. The van der Waals surface area contributed by atoms with Crippen LogP contribution in [0.3, 0.4) is 0 Å². The van der Waals surface area contributed by atoms with E-state index in [-0.39, 0.29) is 0 Å². The molecule has 1 aromatic heterocycles. The van der Waals surface area contributed by atoms with E-state index >= 15 is 0 Å². The van der Waals surface area contributed by atoms with E-state index in [9.17, 15) is 5.11 Å². The molecule has 0 bridgehead atoms. The number of nitrogens with two attached hydrogens (primary N) is 1. The molecule has 1 aliphatic rings. The zero-order valence-electron chi connectivity index (χ0n) is 8.27. The number of aliphatic hydroxyl groups excluding tert-OH is 1. The lowest BCUT2D eigenvalue weighted by atomic mass is 9.88. The third-order valence-electron chi connectivity index (χ3n) is 2.59. The number of pyridine rings is 1. The van der Waals surface area contributed by atoms with Gasteiger partial charge in [0.05, 0.1) is 6.04 Å². The van der Waals surface area contributed by atoms with Crippen LogP contribution in [0.4, 0.5) is 0 Å². The highest BCUT2D eigenvalue weighted by Gasteiger charge is 2.41. The molecule has 76 valence electrons. The Morgan fingerprint density at radius 1 is 1.57 bits per heavy atom. The van der Waals surface area contributed by atoms with E-state index in [0.29, 0.717) is 5.75 Å². The Balaban J connectivity index is 2.48. The van der Waals surface area contributed by atoms with Crippen LogP contribution < -0.4 is 10.5 Å². The van der Waals surface area contributed by atoms with Gasteiger partial charge in [-0.1, -0.05) is 0 Å². The Hall–Kier alpha value is -1.13. The summed E-state index contributed by atoms with van der Waals surface area (Å²) in [6.07, 6.45) is 2.58. The molecule has 1 aromatic rings. The minimum Gasteiger partial charge on any atom is -0.485 e. The molecule has 2 atom stereocenters. The first-order valence-electron chi connectivity index (χ1n) is 4.59. The van der Waals surface area contributed by atoms with Gasteiger partial charge in [-0.3, -0.25) is 4.98 Å². The third kappa shape index (κ3) is 1.27. The van der Waals surface area contributed by atoms with Crippen molar-refractivity contribution in [1.82, 2.24) is 4.98 Å². The van der Waals surface area contributed by atoms with Gasteiger partial charge < -0.3 is 15.6 Å². The molecule has 0 spiro atoms. The Bertz CT molecular complexity index is 352. The van der Waals surface area contributed by atoms with Crippen LogP contribution in [0.1, 0.15) is 25.5 Å². The summed E-state index contributed by atoms with van der Waals surface area (Å²) in [5.74, 6) is 0.711. The SMILES string of the molecule is CC1(C)Oc2ccncc2[C@H](N)[C@H]1O. The highest BCUT2D eigenvalue weighted by atomic mass is 16.5. The van der Waals surface area contributed by atoms with Crippen LogP contribution >= 0.6 is 0 Å². The summed E-state index contributed by atoms with van der Waals surface area (Å²) >= 11 is 0. The zero-order valence-corrected chi connectivity index (χ0v) is 8.27. The van der Waals surface area contributed by atoms with E-state index in [2.05, 4.69) is 4.98 Å². The third-order valence-corrected chi connectivity index (χ3v) is 2.59. The lowest BCUT2D eigenvalue weighted by Crippen LogP contribution is -2.51. The van der Waals surface area contributed by atoms with Crippen molar-refractivity contribution < 1.29 is 9.84 Å². The van der Waals surface area contributed by atoms with Crippen molar-refractivity contribution in [3.8, 4) is 5.75 Å². The summed E-state index contributed by atoms with van der Waals surface area (Å²) in [6, 6.07) is 1.34. The molecule has 0 aromatic carbocycles. The van der Waals surface area contributed by atoms with Gasteiger partial charge in [0.15, 0.2) is 0 Å². The summed E-state index contributed by atoms with van der Waals surface area (Å²) < 4.78 is 5.63. The lowest BCUT2D eigenvalue weighted by Gasteiger charge is -2.40. The minimum absolute atomic E-state index is 0.428.